The van der Waals surface area contributed by atoms with Crippen LogP contribution < -0.4 is 10.6 Å². The fourth-order valence-electron chi connectivity index (χ4n) is 2.21. The Hall–Kier alpha value is -0.640. The molecular weight excluding hydrogens is 257 g/mol. The largest absolute Gasteiger partial charge is 0.397 e. The van der Waals surface area contributed by atoms with E-state index in [4.69, 9.17) is 28.9 Å². The number of hydrogen-bond donors (Lipinski definition) is 1. The van der Waals surface area contributed by atoms with Gasteiger partial charge in [-0.05, 0) is 18.7 Å². The van der Waals surface area contributed by atoms with Gasteiger partial charge in [0.15, 0.2) is 0 Å². The van der Waals surface area contributed by atoms with Crippen LogP contribution in [0.5, 0.6) is 0 Å². The predicted octanol–water partition coefficient (Wildman–Crippen LogP) is 2.72. The highest BCUT2D eigenvalue weighted by Gasteiger charge is 2.20. The minimum absolute atomic E-state index is 0.587. The number of nitrogens with two attached hydrogens (primary N) is 1. The van der Waals surface area contributed by atoms with Crippen molar-refractivity contribution in [3.63, 3.8) is 0 Å². The van der Waals surface area contributed by atoms with Gasteiger partial charge in [0.1, 0.15) is 0 Å². The monoisotopic (exact) mass is 273 g/mol. The second kappa shape index (κ2) is 5.34. The molecule has 0 aliphatic carbocycles. The van der Waals surface area contributed by atoms with Crippen molar-refractivity contribution in [3.05, 3.63) is 22.2 Å². The molecule has 0 spiro atoms. The second-order valence-corrected chi connectivity index (χ2v) is 5.09. The first-order valence-electron chi connectivity index (χ1n) is 5.83. The van der Waals surface area contributed by atoms with Crippen LogP contribution in [0.4, 0.5) is 11.4 Å². The first-order valence-corrected chi connectivity index (χ1v) is 6.59. The number of piperazine rings is 1. The Balaban J connectivity index is 2.18. The van der Waals surface area contributed by atoms with Gasteiger partial charge >= 0.3 is 0 Å². The van der Waals surface area contributed by atoms with Gasteiger partial charge in [0, 0.05) is 31.2 Å². The molecule has 2 rings (SSSR count). The maximum absolute atomic E-state index is 6.22. The van der Waals surface area contributed by atoms with Crippen LogP contribution >= 0.6 is 23.2 Å². The van der Waals surface area contributed by atoms with Gasteiger partial charge in [-0.15, -0.1) is 0 Å². The third-order valence-electron chi connectivity index (χ3n) is 3.19. The number of halogens is 2. The van der Waals surface area contributed by atoms with Crippen molar-refractivity contribution in [1.29, 1.82) is 0 Å². The quantitative estimate of drug-likeness (QED) is 0.842. The van der Waals surface area contributed by atoms with Gasteiger partial charge < -0.3 is 15.5 Å². The lowest BCUT2D eigenvalue weighted by molar-refractivity contribution is 0.271. The van der Waals surface area contributed by atoms with Crippen LogP contribution in [0.3, 0.4) is 0 Å². The van der Waals surface area contributed by atoms with E-state index in [1.165, 1.54) is 0 Å². The number of anilines is 2. The van der Waals surface area contributed by atoms with Crippen molar-refractivity contribution in [2.24, 2.45) is 0 Å². The third-order valence-corrected chi connectivity index (χ3v) is 3.70. The highest BCUT2D eigenvalue weighted by atomic mass is 35.5. The van der Waals surface area contributed by atoms with Crippen molar-refractivity contribution in [1.82, 2.24) is 4.90 Å². The molecule has 0 radical (unpaired) electrons. The standard InChI is InChI=1S/C12H17Cl2N3/c1-2-16-3-5-17(6-4-16)12-10(14)7-9(13)8-11(12)15/h7-8H,2-6,15H2,1H3. The molecule has 0 amide bonds. The van der Waals surface area contributed by atoms with E-state index in [1.807, 2.05) is 0 Å². The lowest BCUT2D eigenvalue weighted by Crippen LogP contribution is -2.46. The minimum Gasteiger partial charge on any atom is -0.397 e. The molecule has 3 nitrogen and oxygen atoms in total. The first-order chi connectivity index (χ1) is 8.11. The fraction of sp³-hybridized carbons (Fsp3) is 0.500. The maximum atomic E-state index is 6.22. The molecule has 0 aromatic heterocycles. The van der Waals surface area contributed by atoms with Gasteiger partial charge in [0.05, 0.1) is 16.4 Å². The molecule has 0 bridgehead atoms. The molecule has 0 atom stereocenters. The molecular formula is C12H17Cl2N3. The van der Waals surface area contributed by atoms with Gasteiger partial charge in [-0.25, -0.2) is 0 Å². The average molecular weight is 274 g/mol. The zero-order valence-corrected chi connectivity index (χ0v) is 11.4. The summed E-state index contributed by atoms with van der Waals surface area (Å²) in [5.74, 6) is 0. The molecule has 0 unspecified atom stereocenters. The normalized spacial score (nSPS) is 17.5. The van der Waals surface area contributed by atoms with E-state index in [2.05, 4.69) is 16.7 Å². The van der Waals surface area contributed by atoms with E-state index in [-0.39, 0.29) is 0 Å². The number of hydrogen-bond acceptors (Lipinski definition) is 3. The van der Waals surface area contributed by atoms with Crippen molar-refractivity contribution < 1.29 is 0 Å². The second-order valence-electron chi connectivity index (χ2n) is 4.25. The van der Waals surface area contributed by atoms with Crippen LogP contribution in [-0.2, 0) is 0 Å². The lowest BCUT2D eigenvalue weighted by Gasteiger charge is -2.36. The van der Waals surface area contributed by atoms with Gasteiger partial charge in [0.2, 0.25) is 0 Å². The van der Waals surface area contributed by atoms with Gasteiger partial charge in [-0.1, -0.05) is 30.1 Å². The Morgan fingerprint density at radius 1 is 1.18 bits per heavy atom. The summed E-state index contributed by atoms with van der Waals surface area (Å²) in [6.07, 6.45) is 0. The number of rotatable bonds is 2. The summed E-state index contributed by atoms with van der Waals surface area (Å²) in [4.78, 5) is 4.65. The molecule has 2 N–H and O–H groups in total. The van der Waals surface area contributed by atoms with E-state index >= 15 is 0 Å². The maximum Gasteiger partial charge on any atom is 0.0791 e. The van der Waals surface area contributed by atoms with Gasteiger partial charge in [0.25, 0.3) is 0 Å². The molecule has 1 aromatic carbocycles. The lowest BCUT2D eigenvalue weighted by atomic mass is 10.2. The molecule has 1 fully saturated rings. The molecule has 17 heavy (non-hydrogen) atoms. The zero-order chi connectivity index (χ0) is 12.4. The number of nitrogen functional groups attached to an aromatic ring is 1. The Bertz CT molecular complexity index is 378. The highest BCUT2D eigenvalue weighted by Crippen LogP contribution is 2.35. The third kappa shape index (κ3) is 2.79. The van der Waals surface area contributed by atoms with Crippen molar-refractivity contribution in [3.8, 4) is 0 Å². The van der Waals surface area contributed by atoms with E-state index in [1.54, 1.807) is 12.1 Å². The summed E-state index contributed by atoms with van der Waals surface area (Å²) >= 11 is 12.1. The van der Waals surface area contributed by atoms with E-state index < -0.39 is 0 Å². The average Bonchev–Trinajstić information content (AvgIpc) is 2.28. The number of nitrogens with zero attached hydrogens (tertiary/aromatic N) is 2. The summed E-state index contributed by atoms with van der Waals surface area (Å²) in [6, 6.07) is 3.51. The first kappa shape index (κ1) is 12.8. The van der Waals surface area contributed by atoms with Crippen LogP contribution in [-0.4, -0.2) is 37.6 Å². The van der Waals surface area contributed by atoms with Crippen LogP contribution in [0, 0.1) is 0 Å². The summed E-state index contributed by atoms with van der Waals surface area (Å²) < 4.78 is 0. The molecule has 1 saturated heterocycles. The van der Waals surface area contributed by atoms with E-state index in [0.29, 0.717) is 15.7 Å². The molecule has 1 aliphatic heterocycles. The molecule has 1 aromatic rings. The Kier molecular flexibility index (Phi) is 4.02. The van der Waals surface area contributed by atoms with Crippen LogP contribution in [0.15, 0.2) is 12.1 Å². The summed E-state index contributed by atoms with van der Waals surface area (Å²) in [6.45, 7) is 7.29. The molecule has 1 heterocycles. The van der Waals surface area contributed by atoms with Crippen molar-refractivity contribution >= 4 is 34.6 Å². The Morgan fingerprint density at radius 2 is 1.82 bits per heavy atom. The van der Waals surface area contributed by atoms with Gasteiger partial charge in [-0.2, -0.15) is 0 Å². The number of likely N-dealkylation sites (N-methyl/N-ethyl adjacent to an activating group) is 1. The molecule has 5 heteroatoms. The minimum atomic E-state index is 0.587. The summed E-state index contributed by atoms with van der Waals surface area (Å²) in [5.41, 5.74) is 7.58. The topological polar surface area (TPSA) is 32.5 Å². The predicted molar refractivity (Wildman–Crippen MR) is 75.2 cm³/mol. The number of benzene rings is 1. The Labute approximate surface area is 112 Å². The van der Waals surface area contributed by atoms with Crippen molar-refractivity contribution in [2.45, 2.75) is 6.92 Å². The molecule has 0 saturated carbocycles. The fourth-order valence-corrected chi connectivity index (χ4v) is 2.84. The Morgan fingerprint density at radius 3 is 2.35 bits per heavy atom. The summed E-state index contributed by atoms with van der Waals surface area (Å²) in [5, 5.41) is 1.23. The van der Waals surface area contributed by atoms with E-state index in [9.17, 15) is 0 Å². The smallest absolute Gasteiger partial charge is 0.0791 e. The van der Waals surface area contributed by atoms with Crippen LogP contribution in [0.25, 0.3) is 0 Å². The SMILES string of the molecule is CCN1CCN(c2c(N)cc(Cl)cc2Cl)CC1. The van der Waals surface area contributed by atoms with Gasteiger partial charge in [-0.3, -0.25) is 0 Å². The molecule has 94 valence electrons. The van der Waals surface area contributed by atoms with Crippen molar-refractivity contribution in [2.75, 3.05) is 43.4 Å². The summed E-state index contributed by atoms with van der Waals surface area (Å²) in [7, 11) is 0. The zero-order valence-electron chi connectivity index (χ0n) is 9.92. The highest BCUT2D eigenvalue weighted by molar-refractivity contribution is 6.37. The van der Waals surface area contributed by atoms with Crippen LogP contribution in [0.2, 0.25) is 10.0 Å². The van der Waals surface area contributed by atoms with Crippen LogP contribution in [0.1, 0.15) is 6.92 Å². The van der Waals surface area contributed by atoms with E-state index in [0.717, 1.165) is 38.4 Å². The molecule has 1 aliphatic rings.